The van der Waals surface area contributed by atoms with Gasteiger partial charge < -0.3 is 9.64 Å². The molecule has 34 heavy (non-hydrogen) atoms. The Morgan fingerprint density at radius 3 is 2.35 bits per heavy atom. The van der Waals surface area contributed by atoms with Gasteiger partial charge in [0, 0.05) is 50.1 Å². The van der Waals surface area contributed by atoms with Crippen molar-refractivity contribution in [3.63, 3.8) is 0 Å². The Morgan fingerprint density at radius 2 is 1.71 bits per heavy atom. The molecule has 0 bridgehead atoms. The normalized spacial score (nSPS) is 14.8. The van der Waals surface area contributed by atoms with Crippen molar-refractivity contribution < 1.29 is 18.3 Å². The minimum Gasteiger partial charge on any atom is -0.435 e. The van der Waals surface area contributed by atoms with Crippen molar-refractivity contribution in [3.05, 3.63) is 83.2 Å². The Labute approximate surface area is 198 Å². The molecule has 178 valence electrons. The molecule has 4 rings (SSSR count). The maximum absolute atomic E-state index is 12.6. The first kappa shape index (κ1) is 23.6. The third kappa shape index (κ3) is 5.69. The molecule has 6 nitrogen and oxygen atoms in total. The number of benzene rings is 2. The highest BCUT2D eigenvalue weighted by molar-refractivity contribution is 5.91. The number of carbonyl (C=O) groups is 1. The second-order valence-electron chi connectivity index (χ2n) is 8.28. The molecule has 1 amide bonds. The van der Waals surface area contributed by atoms with E-state index in [1.165, 1.54) is 23.8 Å². The van der Waals surface area contributed by atoms with E-state index in [0.29, 0.717) is 13.1 Å². The zero-order valence-electron chi connectivity index (χ0n) is 19.3. The number of aromatic nitrogens is 2. The molecule has 0 radical (unpaired) electrons. The van der Waals surface area contributed by atoms with E-state index in [4.69, 9.17) is 5.10 Å². The van der Waals surface area contributed by atoms with Gasteiger partial charge in [-0.2, -0.15) is 13.9 Å². The average Bonchev–Trinajstić information content (AvgIpc) is 3.12. The molecule has 3 aromatic rings. The maximum atomic E-state index is 12.6. The molecular formula is C26H28F2N4O2. The number of nitrogens with zero attached hydrogens (tertiary/aromatic N) is 4. The number of hydrogen-bond acceptors (Lipinski definition) is 4. The lowest BCUT2D eigenvalue weighted by atomic mass is 10.1. The van der Waals surface area contributed by atoms with Gasteiger partial charge in [0.15, 0.2) is 0 Å². The number of hydrogen-bond donors (Lipinski definition) is 0. The zero-order chi connectivity index (χ0) is 24.1. The number of para-hydroxylation sites is 1. The first-order chi connectivity index (χ1) is 16.4. The first-order valence-electron chi connectivity index (χ1n) is 11.3. The summed E-state index contributed by atoms with van der Waals surface area (Å²) in [6.45, 7) is 4.95. The highest BCUT2D eigenvalue weighted by atomic mass is 19.3. The molecule has 2 heterocycles. The van der Waals surface area contributed by atoms with E-state index in [2.05, 4.69) is 16.6 Å². The summed E-state index contributed by atoms with van der Waals surface area (Å²) in [4.78, 5) is 16.8. The molecule has 1 aromatic heterocycles. The first-order valence-corrected chi connectivity index (χ1v) is 11.3. The molecule has 0 saturated carbocycles. The van der Waals surface area contributed by atoms with Gasteiger partial charge >= 0.3 is 6.61 Å². The molecule has 1 aliphatic heterocycles. The highest BCUT2D eigenvalue weighted by Gasteiger charge is 2.22. The summed E-state index contributed by atoms with van der Waals surface area (Å²) < 4.78 is 30.8. The quantitative estimate of drug-likeness (QED) is 0.483. The number of rotatable bonds is 7. The van der Waals surface area contributed by atoms with Gasteiger partial charge in [0.05, 0.1) is 11.4 Å². The van der Waals surface area contributed by atoms with Crippen LogP contribution >= 0.6 is 0 Å². The third-order valence-electron chi connectivity index (χ3n) is 6.03. The largest absolute Gasteiger partial charge is 0.435 e. The van der Waals surface area contributed by atoms with Crippen LogP contribution in [0.1, 0.15) is 22.5 Å². The van der Waals surface area contributed by atoms with Crippen LogP contribution in [0.4, 0.5) is 8.78 Å². The molecule has 1 fully saturated rings. The fourth-order valence-corrected chi connectivity index (χ4v) is 4.11. The van der Waals surface area contributed by atoms with Gasteiger partial charge in [-0.05, 0) is 49.8 Å². The van der Waals surface area contributed by atoms with E-state index in [9.17, 15) is 13.6 Å². The van der Waals surface area contributed by atoms with E-state index < -0.39 is 6.61 Å². The molecule has 0 spiro atoms. The Balaban J connectivity index is 1.31. The van der Waals surface area contributed by atoms with Crippen molar-refractivity contribution in [1.82, 2.24) is 19.6 Å². The number of halogens is 2. The number of piperazine rings is 1. The van der Waals surface area contributed by atoms with Crippen LogP contribution in [0.25, 0.3) is 11.8 Å². The van der Waals surface area contributed by atoms with Crippen LogP contribution in [0.3, 0.4) is 0 Å². The molecule has 0 atom stereocenters. The number of amides is 1. The third-order valence-corrected chi connectivity index (χ3v) is 6.03. The molecule has 1 aliphatic rings. The molecule has 8 heteroatoms. The summed E-state index contributed by atoms with van der Waals surface area (Å²) in [7, 11) is 0. The van der Waals surface area contributed by atoms with Crippen molar-refractivity contribution in [2.75, 3.05) is 26.2 Å². The lowest BCUT2D eigenvalue weighted by Crippen LogP contribution is -2.47. The van der Waals surface area contributed by atoms with E-state index in [0.717, 1.165) is 42.3 Å². The van der Waals surface area contributed by atoms with Crippen LogP contribution in [-0.4, -0.2) is 58.3 Å². The van der Waals surface area contributed by atoms with E-state index >= 15 is 0 Å². The van der Waals surface area contributed by atoms with Crippen LogP contribution in [0.2, 0.25) is 0 Å². The van der Waals surface area contributed by atoms with Gasteiger partial charge in [0.1, 0.15) is 5.75 Å². The van der Waals surface area contributed by atoms with Crippen LogP contribution < -0.4 is 4.74 Å². The maximum Gasteiger partial charge on any atom is 0.387 e. The number of alkyl halides is 2. The van der Waals surface area contributed by atoms with Crippen molar-refractivity contribution in [1.29, 1.82) is 0 Å². The molecule has 2 aromatic carbocycles. The second kappa shape index (κ2) is 10.6. The second-order valence-corrected chi connectivity index (χ2v) is 8.28. The van der Waals surface area contributed by atoms with Gasteiger partial charge in [-0.1, -0.05) is 30.3 Å². The Kier molecular flexibility index (Phi) is 7.37. The zero-order valence-corrected chi connectivity index (χ0v) is 19.3. The summed E-state index contributed by atoms with van der Waals surface area (Å²) in [6.07, 6.45) is 3.21. The molecule has 0 N–H and O–H groups in total. The van der Waals surface area contributed by atoms with Crippen molar-refractivity contribution >= 4 is 12.0 Å². The van der Waals surface area contributed by atoms with Crippen LogP contribution in [-0.2, 0) is 11.3 Å². The lowest BCUT2D eigenvalue weighted by Gasteiger charge is -2.34. The SMILES string of the molecule is Cc1nn(-c2ccccc2)c(C)c1CN1CCN(C(=O)/C=C\c2ccc(OC(F)F)cc2)CC1. The van der Waals surface area contributed by atoms with E-state index in [1.54, 1.807) is 18.2 Å². The molecule has 1 saturated heterocycles. The summed E-state index contributed by atoms with van der Waals surface area (Å²) in [5.41, 5.74) is 5.17. The predicted molar refractivity (Wildman–Crippen MR) is 127 cm³/mol. The summed E-state index contributed by atoms with van der Waals surface area (Å²) in [6, 6.07) is 16.3. The van der Waals surface area contributed by atoms with E-state index in [1.807, 2.05) is 46.8 Å². The molecule has 0 unspecified atom stereocenters. The van der Waals surface area contributed by atoms with Crippen molar-refractivity contribution in [2.24, 2.45) is 0 Å². The monoisotopic (exact) mass is 466 g/mol. The van der Waals surface area contributed by atoms with Gasteiger partial charge in [0.2, 0.25) is 5.91 Å². The minimum atomic E-state index is -2.85. The smallest absolute Gasteiger partial charge is 0.387 e. The van der Waals surface area contributed by atoms with Crippen LogP contribution in [0, 0.1) is 13.8 Å². The number of ether oxygens (including phenoxy) is 1. The highest BCUT2D eigenvalue weighted by Crippen LogP contribution is 2.20. The fraction of sp³-hybridized carbons (Fsp3) is 0.308. The lowest BCUT2D eigenvalue weighted by molar-refractivity contribution is -0.127. The van der Waals surface area contributed by atoms with E-state index in [-0.39, 0.29) is 11.7 Å². The Hall–Kier alpha value is -3.52. The van der Waals surface area contributed by atoms with Crippen LogP contribution in [0.5, 0.6) is 5.75 Å². The van der Waals surface area contributed by atoms with Gasteiger partial charge in [-0.3, -0.25) is 9.69 Å². The average molecular weight is 467 g/mol. The van der Waals surface area contributed by atoms with Gasteiger partial charge in [-0.25, -0.2) is 4.68 Å². The van der Waals surface area contributed by atoms with Gasteiger partial charge in [0.25, 0.3) is 0 Å². The topological polar surface area (TPSA) is 50.6 Å². The van der Waals surface area contributed by atoms with Crippen molar-refractivity contribution in [3.8, 4) is 11.4 Å². The number of carbonyl (C=O) groups excluding carboxylic acids is 1. The summed E-state index contributed by atoms with van der Waals surface area (Å²) in [5.74, 6) is 0.0335. The standard InChI is InChI=1S/C26H28F2N4O2/c1-19-24(20(2)32(29-19)22-6-4-3-5-7-22)18-30-14-16-31(17-15-30)25(33)13-10-21-8-11-23(12-9-21)34-26(27)28/h3-13,26H,14-18H2,1-2H3/b13-10-. The van der Waals surface area contributed by atoms with Crippen molar-refractivity contribution in [2.45, 2.75) is 27.0 Å². The molecule has 0 aliphatic carbocycles. The Bertz CT molecular complexity index is 1140. The minimum absolute atomic E-state index is 0.0585. The summed E-state index contributed by atoms with van der Waals surface area (Å²) >= 11 is 0. The number of aryl methyl sites for hydroxylation is 1. The fourth-order valence-electron chi connectivity index (χ4n) is 4.11. The van der Waals surface area contributed by atoms with Crippen LogP contribution in [0.15, 0.2) is 60.7 Å². The van der Waals surface area contributed by atoms with Gasteiger partial charge in [-0.15, -0.1) is 0 Å². The predicted octanol–water partition coefficient (Wildman–Crippen LogP) is 4.45. The summed E-state index contributed by atoms with van der Waals surface area (Å²) in [5, 5.41) is 4.73. The Morgan fingerprint density at radius 1 is 1.03 bits per heavy atom. The molecular weight excluding hydrogens is 438 g/mol.